The number of rotatable bonds is 3. The SMILES string of the molecule is Cc1ccnc(CC(C)(C)CN)c1. The third kappa shape index (κ3) is 3.15. The first-order valence-electron chi connectivity index (χ1n) is 4.65. The van der Waals surface area contributed by atoms with Gasteiger partial charge in [0.05, 0.1) is 0 Å². The lowest BCUT2D eigenvalue weighted by molar-refractivity contribution is 0.372. The average Bonchev–Trinajstić information content (AvgIpc) is 2.03. The fourth-order valence-corrected chi connectivity index (χ4v) is 1.26. The van der Waals surface area contributed by atoms with Crippen molar-refractivity contribution in [3.05, 3.63) is 29.6 Å². The predicted molar refractivity (Wildman–Crippen MR) is 55.5 cm³/mol. The van der Waals surface area contributed by atoms with Gasteiger partial charge in [0.25, 0.3) is 0 Å². The van der Waals surface area contributed by atoms with Crippen LogP contribution in [0.4, 0.5) is 0 Å². The average molecular weight is 178 g/mol. The maximum absolute atomic E-state index is 5.66. The van der Waals surface area contributed by atoms with Crippen LogP contribution >= 0.6 is 0 Å². The monoisotopic (exact) mass is 178 g/mol. The van der Waals surface area contributed by atoms with Gasteiger partial charge in [-0.1, -0.05) is 13.8 Å². The Balaban J connectivity index is 2.74. The molecule has 2 N–H and O–H groups in total. The molecule has 0 radical (unpaired) electrons. The van der Waals surface area contributed by atoms with Gasteiger partial charge in [-0.15, -0.1) is 0 Å². The molecule has 2 heteroatoms. The zero-order chi connectivity index (χ0) is 9.90. The summed E-state index contributed by atoms with van der Waals surface area (Å²) in [6.07, 6.45) is 2.81. The molecule has 0 saturated carbocycles. The van der Waals surface area contributed by atoms with Crippen LogP contribution in [0.25, 0.3) is 0 Å². The van der Waals surface area contributed by atoms with Gasteiger partial charge in [-0.05, 0) is 43.0 Å². The Kier molecular flexibility index (Phi) is 3.04. The lowest BCUT2D eigenvalue weighted by atomic mass is 9.88. The van der Waals surface area contributed by atoms with Crippen molar-refractivity contribution in [2.75, 3.05) is 6.54 Å². The summed E-state index contributed by atoms with van der Waals surface area (Å²) >= 11 is 0. The second kappa shape index (κ2) is 3.88. The number of nitrogens with zero attached hydrogens (tertiary/aromatic N) is 1. The van der Waals surface area contributed by atoms with Crippen molar-refractivity contribution in [1.82, 2.24) is 4.98 Å². The minimum absolute atomic E-state index is 0.154. The van der Waals surface area contributed by atoms with Crippen LogP contribution in [0, 0.1) is 12.3 Å². The van der Waals surface area contributed by atoms with E-state index in [-0.39, 0.29) is 5.41 Å². The van der Waals surface area contributed by atoms with Gasteiger partial charge in [0, 0.05) is 11.9 Å². The molecule has 0 aliphatic heterocycles. The highest BCUT2D eigenvalue weighted by Crippen LogP contribution is 2.18. The van der Waals surface area contributed by atoms with E-state index in [1.165, 1.54) is 5.56 Å². The van der Waals surface area contributed by atoms with Gasteiger partial charge >= 0.3 is 0 Å². The minimum atomic E-state index is 0.154. The van der Waals surface area contributed by atoms with E-state index in [0.29, 0.717) is 6.54 Å². The summed E-state index contributed by atoms with van der Waals surface area (Å²) in [7, 11) is 0. The van der Waals surface area contributed by atoms with Gasteiger partial charge in [0.2, 0.25) is 0 Å². The van der Waals surface area contributed by atoms with E-state index in [2.05, 4.69) is 31.8 Å². The quantitative estimate of drug-likeness (QED) is 0.768. The Labute approximate surface area is 80.2 Å². The number of pyridine rings is 1. The third-order valence-electron chi connectivity index (χ3n) is 2.18. The van der Waals surface area contributed by atoms with E-state index < -0.39 is 0 Å². The first kappa shape index (κ1) is 10.2. The summed E-state index contributed by atoms with van der Waals surface area (Å²) in [6, 6.07) is 4.14. The van der Waals surface area contributed by atoms with Gasteiger partial charge in [-0.2, -0.15) is 0 Å². The van der Waals surface area contributed by atoms with Crippen molar-refractivity contribution in [1.29, 1.82) is 0 Å². The van der Waals surface area contributed by atoms with Crippen LogP contribution in [-0.4, -0.2) is 11.5 Å². The van der Waals surface area contributed by atoms with Crippen LogP contribution in [-0.2, 0) is 6.42 Å². The van der Waals surface area contributed by atoms with Gasteiger partial charge in [0.1, 0.15) is 0 Å². The van der Waals surface area contributed by atoms with Crippen molar-refractivity contribution >= 4 is 0 Å². The molecule has 0 aromatic carbocycles. The standard InChI is InChI=1S/C11H18N2/c1-9-4-5-13-10(6-9)7-11(2,3)8-12/h4-6H,7-8,12H2,1-3H3. The van der Waals surface area contributed by atoms with E-state index in [9.17, 15) is 0 Å². The van der Waals surface area contributed by atoms with Crippen molar-refractivity contribution in [2.24, 2.45) is 11.1 Å². The molecule has 1 rings (SSSR count). The molecule has 1 heterocycles. The molecule has 1 aromatic rings. The highest BCUT2D eigenvalue weighted by atomic mass is 14.7. The van der Waals surface area contributed by atoms with Crippen molar-refractivity contribution in [2.45, 2.75) is 27.2 Å². The van der Waals surface area contributed by atoms with Crippen LogP contribution in [0.1, 0.15) is 25.1 Å². The molecule has 2 nitrogen and oxygen atoms in total. The van der Waals surface area contributed by atoms with Gasteiger partial charge in [-0.3, -0.25) is 4.98 Å². The predicted octanol–water partition coefficient (Wildman–Crippen LogP) is 1.92. The summed E-state index contributed by atoms with van der Waals surface area (Å²) in [4.78, 5) is 4.32. The normalized spacial score (nSPS) is 11.7. The zero-order valence-corrected chi connectivity index (χ0v) is 8.67. The van der Waals surface area contributed by atoms with Crippen LogP contribution in [0.3, 0.4) is 0 Å². The molecule has 13 heavy (non-hydrogen) atoms. The van der Waals surface area contributed by atoms with Gasteiger partial charge in [-0.25, -0.2) is 0 Å². The molecular formula is C11H18N2. The second-order valence-electron chi connectivity index (χ2n) is 4.37. The molecule has 0 aliphatic carbocycles. The number of aryl methyl sites for hydroxylation is 1. The third-order valence-corrected chi connectivity index (χ3v) is 2.18. The maximum atomic E-state index is 5.66. The summed E-state index contributed by atoms with van der Waals surface area (Å²) in [5, 5.41) is 0. The molecule has 0 bridgehead atoms. The van der Waals surface area contributed by atoms with Crippen molar-refractivity contribution in [3.63, 3.8) is 0 Å². The molecule has 0 saturated heterocycles. The van der Waals surface area contributed by atoms with E-state index >= 15 is 0 Å². The van der Waals surface area contributed by atoms with Gasteiger partial charge in [0.15, 0.2) is 0 Å². The lowest BCUT2D eigenvalue weighted by Gasteiger charge is -2.21. The number of aromatic nitrogens is 1. The molecule has 0 unspecified atom stereocenters. The van der Waals surface area contributed by atoms with E-state index in [1.807, 2.05) is 12.3 Å². The largest absolute Gasteiger partial charge is 0.330 e. The highest BCUT2D eigenvalue weighted by Gasteiger charge is 2.16. The van der Waals surface area contributed by atoms with E-state index in [0.717, 1.165) is 12.1 Å². The Morgan fingerprint density at radius 3 is 2.69 bits per heavy atom. The Morgan fingerprint density at radius 1 is 1.46 bits per heavy atom. The molecular weight excluding hydrogens is 160 g/mol. The summed E-state index contributed by atoms with van der Waals surface area (Å²) in [5.41, 5.74) is 8.21. The molecule has 72 valence electrons. The Bertz CT molecular complexity index is 279. The first-order chi connectivity index (χ1) is 6.03. The fourth-order valence-electron chi connectivity index (χ4n) is 1.26. The lowest BCUT2D eigenvalue weighted by Crippen LogP contribution is -2.26. The molecule has 0 spiro atoms. The van der Waals surface area contributed by atoms with E-state index in [1.54, 1.807) is 0 Å². The molecule has 0 atom stereocenters. The fraction of sp³-hybridized carbons (Fsp3) is 0.545. The van der Waals surface area contributed by atoms with Crippen molar-refractivity contribution in [3.8, 4) is 0 Å². The second-order valence-corrected chi connectivity index (χ2v) is 4.37. The summed E-state index contributed by atoms with van der Waals surface area (Å²) < 4.78 is 0. The zero-order valence-electron chi connectivity index (χ0n) is 8.67. The molecule has 0 fully saturated rings. The smallest absolute Gasteiger partial charge is 0.0412 e. The van der Waals surface area contributed by atoms with Crippen LogP contribution < -0.4 is 5.73 Å². The summed E-state index contributed by atoms with van der Waals surface area (Å²) in [6.45, 7) is 7.11. The van der Waals surface area contributed by atoms with Crippen LogP contribution in [0.2, 0.25) is 0 Å². The number of hydrogen-bond donors (Lipinski definition) is 1. The number of hydrogen-bond acceptors (Lipinski definition) is 2. The van der Waals surface area contributed by atoms with Crippen molar-refractivity contribution < 1.29 is 0 Å². The number of nitrogens with two attached hydrogens (primary N) is 1. The van der Waals surface area contributed by atoms with Crippen LogP contribution in [0.5, 0.6) is 0 Å². The Hall–Kier alpha value is -0.890. The highest BCUT2D eigenvalue weighted by molar-refractivity contribution is 5.15. The van der Waals surface area contributed by atoms with Gasteiger partial charge < -0.3 is 5.73 Å². The maximum Gasteiger partial charge on any atom is 0.0412 e. The Morgan fingerprint density at radius 2 is 2.15 bits per heavy atom. The molecule has 1 aromatic heterocycles. The molecule has 0 amide bonds. The van der Waals surface area contributed by atoms with E-state index in [4.69, 9.17) is 5.73 Å². The topological polar surface area (TPSA) is 38.9 Å². The van der Waals surface area contributed by atoms with Crippen LogP contribution in [0.15, 0.2) is 18.3 Å². The molecule has 0 aliphatic rings. The first-order valence-corrected chi connectivity index (χ1v) is 4.65. The minimum Gasteiger partial charge on any atom is -0.330 e. The summed E-state index contributed by atoms with van der Waals surface area (Å²) in [5.74, 6) is 0.